The van der Waals surface area contributed by atoms with Gasteiger partial charge in [-0.05, 0) is 40.8 Å². The van der Waals surface area contributed by atoms with Crippen LogP contribution in [0.2, 0.25) is 0 Å². The van der Waals surface area contributed by atoms with Crippen LogP contribution in [-0.4, -0.2) is 77.0 Å². The number of pyridine rings is 1. The Labute approximate surface area is 236 Å². The number of anilines is 2. The lowest BCUT2D eigenvalue weighted by atomic mass is 10.0. The number of alkyl halides is 2. The van der Waals surface area contributed by atoms with Crippen LogP contribution in [0.3, 0.4) is 0 Å². The normalized spacial score (nSPS) is 23.9. The van der Waals surface area contributed by atoms with Crippen LogP contribution < -0.4 is 15.4 Å². The van der Waals surface area contributed by atoms with Gasteiger partial charge in [-0.2, -0.15) is 0 Å². The smallest absolute Gasteiger partial charge is 0.264 e. The molecule has 1 aromatic carbocycles. The zero-order valence-electron chi connectivity index (χ0n) is 23.7. The number of aromatic nitrogens is 3. The summed E-state index contributed by atoms with van der Waals surface area (Å²) in [5, 5.41) is 0. The SMILES string of the molecule is C[C@@H]1CN(c2ncc(-c3c(F)cc(N4C[C@@H](C)N(C)[C@@H](C)C4)c(-n4ccc(C(F)F)cc4=O)c3F)cn2)C[C@H](C)O1. The lowest BCUT2D eigenvalue weighted by molar-refractivity contribution is -0.00572. The van der Waals surface area contributed by atoms with Crippen molar-refractivity contribution >= 4 is 11.6 Å². The Balaban J connectivity index is 1.62. The van der Waals surface area contributed by atoms with Crippen molar-refractivity contribution in [2.45, 2.75) is 58.4 Å². The van der Waals surface area contributed by atoms with Crippen molar-refractivity contribution in [3.8, 4) is 16.8 Å². The molecule has 0 unspecified atom stereocenters. The Kier molecular flexibility index (Phi) is 8.06. The van der Waals surface area contributed by atoms with E-state index in [2.05, 4.69) is 14.9 Å². The van der Waals surface area contributed by atoms with Crippen molar-refractivity contribution in [3.63, 3.8) is 0 Å². The molecule has 0 saturated carbocycles. The molecule has 2 fully saturated rings. The van der Waals surface area contributed by atoms with Crippen LogP contribution in [0.15, 0.2) is 41.6 Å². The van der Waals surface area contributed by atoms with E-state index in [-0.39, 0.29) is 41.2 Å². The molecule has 41 heavy (non-hydrogen) atoms. The molecule has 0 radical (unpaired) electrons. The molecular formula is C29H34F4N6O2. The van der Waals surface area contributed by atoms with Gasteiger partial charge in [0.15, 0.2) is 5.82 Å². The predicted octanol–water partition coefficient (Wildman–Crippen LogP) is 4.65. The van der Waals surface area contributed by atoms with Gasteiger partial charge in [-0.15, -0.1) is 0 Å². The minimum atomic E-state index is -2.86. The van der Waals surface area contributed by atoms with Gasteiger partial charge in [-0.25, -0.2) is 27.5 Å². The van der Waals surface area contributed by atoms with E-state index in [9.17, 15) is 13.6 Å². The molecule has 4 heterocycles. The molecule has 8 nitrogen and oxygen atoms in total. The fourth-order valence-electron chi connectivity index (χ4n) is 5.70. The van der Waals surface area contributed by atoms with Crippen molar-refractivity contribution in [2.75, 3.05) is 43.0 Å². The third-order valence-corrected chi connectivity index (χ3v) is 7.94. The second-order valence-corrected chi connectivity index (χ2v) is 11.1. The van der Waals surface area contributed by atoms with Crippen molar-refractivity contribution in [1.29, 1.82) is 0 Å². The average Bonchev–Trinajstić information content (AvgIpc) is 2.91. The lowest BCUT2D eigenvalue weighted by Gasteiger charge is -2.44. The first kappa shape index (κ1) is 29.0. The Morgan fingerprint density at radius 1 is 0.927 bits per heavy atom. The number of piperazine rings is 1. The number of halogens is 4. The first-order valence-electron chi connectivity index (χ1n) is 13.7. The summed E-state index contributed by atoms with van der Waals surface area (Å²) in [5.41, 5.74) is -1.69. The summed E-state index contributed by atoms with van der Waals surface area (Å²) in [6.07, 6.45) is 0.888. The van der Waals surface area contributed by atoms with E-state index >= 15 is 8.78 Å². The molecule has 2 saturated heterocycles. The zero-order valence-corrected chi connectivity index (χ0v) is 23.7. The molecule has 0 spiro atoms. The summed E-state index contributed by atoms with van der Waals surface area (Å²) in [7, 11) is 1.98. The number of morpholine rings is 1. The number of benzene rings is 1. The van der Waals surface area contributed by atoms with Crippen LogP contribution in [0, 0.1) is 11.6 Å². The van der Waals surface area contributed by atoms with E-state index in [4.69, 9.17) is 4.74 Å². The van der Waals surface area contributed by atoms with E-state index in [1.165, 1.54) is 18.5 Å². The largest absolute Gasteiger partial charge is 0.372 e. The number of ether oxygens (including phenoxy) is 1. The van der Waals surface area contributed by atoms with Crippen molar-refractivity contribution < 1.29 is 22.3 Å². The standard InChI is InChI=1S/C29H34F4N6O2/c1-16-12-37(13-17(2)36(16)5)23-9-22(30)25(26(31)27(23)39-7-6-20(28(32)33)8-24(39)40)21-10-34-29(35-11-21)38-14-18(3)41-19(4)15-38/h6-11,16-19,28H,12-15H2,1-5H3/t16-,17+,18-,19+. The van der Waals surface area contributed by atoms with E-state index in [0.717, 1.165) is 22.9 Å². The van der Waals surface area contributed by atoms with Gasteiger partial charge in [0.25, 0.3) is 12.0 Å². The highest BCUT2D eigenvalue weighted by Crippen LogP contribution is 2.37. The van der Waals surface area contributed by atoms with Gasteiger partial charge in [0.05, 0.1) is 23.5 Å². The maximum absolute atomic E-state index is 16.5. The molecule has 5 rings (SSSR count). The fraction of sp³-hybridized carbons (Fsp3) is 0.483. The van der Waals surface area contributed by atoms with Gasteiger partial charge in [-0.3, -0.25) is 14.3 Å². The van der Waals surface area contributed by atoms with Gasteiger partial charge in [0.2, 0.25) is 5.95 Å². The third-order valence-electron chi connectivity index (χ3n) is 7.94. The molecule has 0 aliphatic carbocycles. The Morgan fingerprint density at radius 3 is 2.10 bits per heavy atom. The van der Waals surface area contributed by atoms with Crippen molar-refractivity contribution in [2.24, 2.45) is 0 Å². The third kappa shape index (κ3) is 5.67. The summed E-state index contributed by atoms with van der Waals surface area (Å²) >= 11 is 0. The van der Waals surface area contributed by atoms with Gasteiger partial charge in [0.1, 0.15) is 11.5 Å². The lowest BCUT2D eigenvalue weighted by Crippen LogP contribution is -2.55. The van der Waals surface area contributed by atoms with Gasteiger partial charge < -0.3 is 14.5 Å². The van der Waals surface area contributed by atoms with E-state index in [1.54, 1.807) is 0 Å². The molecular weight excluding hydrogens is 540 g/mol. The average molecular weight is 575 g/mol. The van der Waals surface area contributed by atoms with Crippen LogP contribution in [0.1, 0.15) is 39.7 Å². The Morgan fingerprint density at radius 2 is 1.54 bits per heavy atom. The summed E-state index contributed by atoms with van der Waals surface area (Å²) in [6, 6.07) is 3.15. The summed E-state index contributed by atoms with van der Waals surface area (Å²) in [6.45, 7) is 9.94. The second-order valence-electron chi connectivity index (χ2n) is 11.1. The number of rotatable bonds is 5. The molecule has 220 valence electrons. The van der Waals surface area contributed by atoms with Crippen LogP contribution in [0.25, 0.3) is 16.8 Å². The molecule has 12 heteroatoms. The van der Waals surface area contributed by atoms with Gasteiger partial charge >= 0.3 is 0 Å². The minimum absolute atomic E-state index is 0.0261. The first-order valence-corrected chi connectivity index (χ1v) is 13.7. The summed E-state index contributed by atoms with van der Waals surface area (Å²) in [5.74, 6) is -1.44. The number of hydrogen-bond acceptors (Lipinski definition) is 7. The minimum Gasteiger partial charge on any atom is -0.372 e. The van der Waals surface area contributed by atoms with E-state index in [1.807, 2.05) is 44.5 Å². The molecule has 4 atom stereocenters. The molecule has 2 aliphatic rings. The molecule has 3 aromatic rings. The van der Waals surface area contributed by atoms with E-state index in [0.29, 0.717) is 32.1 Å². The predicted molar refractivity (Wildman–Crippen MR) is 149 cm³/mol. The number of nitrogens with zero attached hydrogens (tertiary/aromatic N) is 6. The maximum Gasteiger partial charge on any atom is 0.264 e. The molecule has 2 aliphatic heterocycles. The quantitative estimate of drug-likeness (QED) is 0.411. The van der Waals surface area contributed by atoms with Crippen LogP contribution in [-0.2, 0) is 4.74 Å². The monoisotopic (exact) mass is 574 g/mol. The number of likely N-dealkylation sites (N-methyl/N-ethyl adjacent to an activating group) is 1. The second kappa shape index (κ2) is 11.4. The van der Waals surface area contributed by atoms with Crippen molar-refractivity contribution in [1.82, 2.24) is 19.4 Å². The fourth-order valence-corrected chi connectivity index (χ4v) is 5.70. The first-order chi connectivity index (χ1) is 19.4. The highest BCUT2D eigenvalue weighted by molar-refractivity contribution is 5.75. The van der Waals surface area contributed by atoms with Gasteiger partial charge in [-0.1, -0.05) is 0 Å². The number of hydrogen-bond donors (Lipinski definition) is 0. The van der Waals surface area contributed by atoms with Gasteiger partial charge in [0, 0.05) is 80.1 Å². The Hall–Kier alpha value is -3.51. The highest BCUT2D eigenvalue weighted by Gasteiger charge is 2.32. The summed E-state index contributed by atoms with van der Waals surface area (Å²) < 4.78 is 65.6. The zero-order chi connectivity index (χ0) is 29.6. The topological polar surface area (TPSA) is 66.7 Å². The van der Waals surface area contributed by atoms with Crippen molar-refractivity contribution in [3.05, 3.63) is 64.3 Å². The highest BCUT2D eigenvalue weighted by atomic mass is 19.3. The molecule has 2 aromatic heterocycles. The maximum atomic E-state index is 16.5. The van der Waals surface area contributed by atoms with Crippen LogP contribution in [0.4, 0.5) is 29.2 Å². The molecule has 0 amide bonds. The molecule has 0 bridgehead atoms. The molecule has 0 N–H and O–H groups in total. The summed E-state index contributed by atoms with van der Waals surface area (Å²) in [4.78, 5) is 27.7. The van der Waals surface area contributed by atoms with Crippen LogP contribution in [0.5, 0.6) is 0 Å². The van der Waals surface area contributed by atoms with E-state index < -0.39 is 34.7 Å². The van der Waals surface area contributed by atoms with Crippen LogP contribution >= 0.6 is 0 Å². The Bertz CT molecular complexity index is 1440.